The molecule has 0 aliphatic heterocycles. The molecule has 1 atom stereocenters. The van der Waals surface area contributed by atoms with E-state index in [1.807, 2.05) is 24.3 Å². The average Bonchev–Trinajstić information content (AvgIpc) is 2.86. The predicted molar refractivity (Wildman–Crippen MR) is 66.1 cm³/mol. The molecule has 4 nitrogen and oxygen atoms in total. The highest BCUT2D eigenvalue weighted by molar-refractivity contribution is 5.17. The lowest BCUT2D eigenvalue weighted by Crippen LogP contribution is -2.29. The van der Waals surface area contributed by atoms with Crippen LogP contribution in [0.1, 0.15) is 30.0 Å². The molecular weight excluding hydrogens is 214 g/mol. The van der Waals surface area contributed by atoms with Crippen molar-refractivity contribution in [2.75, 3.05) is 0 Å². The van der Waals surface area contributed by atoms with E-state index in [1.165, 1.54) is 5.56 Å². The number of nitrogens with two attached hydrogens (primary N) is 1. The summed E-state index contributed by atoms with van der Waals surface area (Å²) in [6.45, 7) is 2.07. The van der Waals surface area contributed by atoms with Crippen molar-refractivity contribution in [1.82, 2.24) is 10.4 Å². The van der Waals surface area contributed by atoms with E-state index in [1.54, 1.807) is 12.4 Å². The molecule has 1 unspecified atom stereocenters. The van der Waals surface area contributed by atoms with E-state index < -0.39 is 0 Å². The molecule has 0 fully saturated rings. The lowest BCUT2D eigenvalue weighted by Gasteiger charge is -2.13. The number of aromatic nitrogens is 1. The number of aryl methyl sites for hydroxylation is 1. The van der Waals surface area contributed by atoms with Gasteiger partial charge in [0.2, 0.25) is 0 Å². The van der Waals surface area contributed by atoms with Crippen molar-refractivity contribution in [1.29, 1.82) is 0 Å². The van der Waals surface area contributed by atoms with Gasteiger partial charge in [0.1, 0.15) is 11.5 Å². The average molecular weight is 231 g/mol. The highest BCUT2D eigenvalue weighted by Gasteiger charge is 2.14. The topological polar surface area (TPSA) is 64.1 Å². The van der Waals surface area contributed by atoms with Gasteiger partial charge in [-0.3, -0.25) is 10.8 Å². The van der Waals surface area contributed by atoms with E-state index in [0.29, 0.717) is 0 Å². The smallest absolute Gasteiger partial charge is 0.122 e. The highest BCUT2D eigenvalue weighted by atomic mass is 16.3. The second-order valence-electron chi connectivity index (χ2n) is 3.94. The number of nitrogens with one attached hydrogen (secondary N) is 1. The van der Waals surface area contributed by atoms with Crippen LogP contribution in [0.25, 0.3) is 0 Å². The fourth-order valence-corrected chi connectivity index (χ4v) is 1.77. The zero-order chi connectivity index (χ0) is 12.1. The summed E-state index contributed by atoms with van der Waals surface area (Å²) in [5.74, 6) is 7.44. The third kappa shape index (κ3) is 2.93. The summed E-state index contributed by atoms with van der Waals surface area (Å²) >= 11 is 0. The Morgan fingerprint density at radius 3 is 2.65 bits per heavy atom. The van der Waals surface area contributed by atoms with Crippen LogP contribution in [0.3, 0.4) is 0 Å². The molecular formula is C13H17N3O. The number of furan rings is 1. The maximum atomic E-state index is 5.70. The molecule has 2 heterocycles. The summed E-state index contributed by atoms with van der Waals surface area (Å²) in [4.78, 5) is 3.99. The second kappa shape index (κ2) is 5.61. The van der Waals surface area contributed by atoms with Gasteiger partial charge in [0.25, 0.3) is 0 Å². The van der Waals surface area contributed by atoms with Gasteiger partial charge in [-0.05, 0) is 36.2 Å². The first-order chi connectivity index (χ1) is 8.33. The number of pyridine rings is 1. The van der Waals surface area contributed by atoms with Crippen LogP contribution in [0.4, 0.5) is 0 Å². The Balaban J connectivity index is 2.11. The van der Waals surface area contributed by atoms with Crippen LogP contribution in [0, 0.1) is 0 Å². The maximum absolute atomic E-state index is 5.70. The molecule has 0 saturated carbocycles. The molecule has 0 aromatic carbocycles. The van der Waals surface area contributed by atoms with Crippen LogP contribution >= 0.6 is 0 Å². The van der Waals surface area contributed by atoms with Crippen LogP contribution in [-0.4, -0.2) is 4.98 Å². The van der Waals surface area contributed by atoms with E-state index in [2.05, 4.69) is 17.3 Å². The molecule has 2 aromatic heterocycles. The number of hydrogen-bond acceptors (Lipinski definition) is 4. The summed E-state index contributed by atoms with van der Waals surface area (Å²) in [6, 6.07) is 7.93. The molecule has 4 heteroatoms. The standard InChI is InChI=1S/C13H17N3O/c1-2-11-3-4-13(17-11)12(16-14)9-10-5-7-15-8-6-10/h3-8,12,16H,2,9,14H2,1H3. The van der Waals surface area contributed by atoms with Gasteiger partial charge in [0.15, 0.2) is 0 Å². The Kier molecular flexibility index (Phi) is 3.90. The maximum Gasteiger partial charge on any atom is 0.122 e. The van der Waals surface area contributed by atoms with Crippen molar-refractivity contribution < 1.29 is 4.42 Å². The molecule has 2 aromatic rings. The lowest BCUT2D eigenvalue weighted by molar-refractivity contribution is 0.396. The zero-order valence-electron chi connectivity index (χ0n) is 9.89. The molecule has 0 saturated heterocycles. The molecule has 17 heavy (non-hydrogen) atoms. The van der Waals surface area contributed by atoms with Crippen molar-refractivity contribution in [3.8, 4) is 0 Å². The first kappa shape index (κ1) is 11.8. The SMILES string of the molecule is CCc1ccc(C(Cc2ccncc2)NN)o1. The molecule has 0 bridgehead atoms. The van der Waals surface area contributed by atoms with Crippen molar-refractivity contribution >= 4 is 0 Å². The van der Waals surface area contributed by atoms with Gasteiger partial charge < -0.3 is 4.42 Å². The van der Waals surface area contributed by atoms with Crippen LogP contribution in [-0.2, 0) is 12.8 Å². The number of hydrazine groups is 1. The van der Waals surface area contributed by atoms with Crippen LogP contribution < -0.4 is 11.3 Å². The van der Waals surface area contributed by atoms with Gasteiger partial charge in [-0.25, -0.2) is 5.43 Å². The lowest BCUT2D eigenvalue weighted by atomic mass is 10.1. The highest BCUT2D eigenvalue weighted by Crippen LogP contribution is 2.20. The number of rotatable bonds is 5. The van der Waals surface area contributed by atoms with Gasteiger partial charge in [0.05, 0.1) is 6.04 Å². The van der Waals surface area contributed by atoms with E-state index in [0.717, 1.165) is 24.4 Å². The molecule has 0 spiro atoms. The Morgan fingerprint density at radius 2 is 2.06 bits per heavy atom. The minimum absolute atomic E-state index is 0.00213. The molecule has 0 radical (unpaired) electrons. The monoisotopic (exact) mass is 231 g/mol. The zero-order valence-corrected chi connectivity index (χ0v) is 9.89. The van der Waals surface area contributed by atoms with Crippen molar-refractivity contribution in [3.05, 3.63) is 53.7 Å². The number of nitrogens with zero attached hydrogens (tertiary/aromatic N) is 1. The van der Waals surface area contributed by atoms with E-state index in [4.69, 9.17) is 10.3 Å². The van der Waals surface area contributed by atoms with Crippen molar-refractivity contribution in [2.45, 2.75) is 25.8 Å². The second-order valence-corrected chi connectivity index (χ2v) is 3.94. The van der Waals surface area contributed by atoms with E-state index in [9.17, 15) is 0 Å². The fourth-order valence-electron chi connectivity index (χ4n) is 1.77. The quantitative estimate of drug-likeness (QED) is 0.610. The van der Waals surface area contributed by atoms with Gasteiger partial charge in [-0.1, -0.05) is 6.92 Å². The molecule has 3 N–H and O–H groups in total. The van der Waals surface area contributed by atoms with Crippen LogP contribution in [0.15, 0.2) is 41.1 Å². The normalized spacial score (nSPS) is 12.6. The summed E-state index contributed by atoms with van der Waals surface area (Å²) in [5.41, 5.74) is 3.97. The third-order valence-electron chi connectivity index (χ3n) is 2.76. The summed E-state index contributed by atoms with van der Waals surface area (Å²) < 4.78 is 5.70. The van der Waals surface area contributed by atoms with Gasteiger partial charge in [-0.2, -0.15) is 0 Å². The predicted octanol–water partition coefficient (Wildman–Crippen LogP) is 1.98. The minimum Gasteiger partial charge on any atom is -0.464 e. The summed E-state index contributed by atoms with van der Waals surface area (Å²) in [5, 5.41) is 0. The molecule has 2 rings (SSSR count). The van der Waals surface area contributed by atoms with Crippen LogP contribution in [0.5, 0.6) is 0 Å². The summed E-state index contributed by atoms with van der Waals surface area (Å²) in [6.07, 6.45) is 5.24. The number of hydrogen-bond donors (Lipinski definition) is 2. The first-order valence-electron chi connectivity index (χ1n) is 5.77. The molecule has 0 aliphatic rings. The van der Waals surface area contributed by atoms with Gasteiger partial charge in [-0.15, -0.1) is 0 Å². The third-order valence-corrected chi connectivity index (χ3v) is 2.76. The molecule has 0 aliphatic carbocycles. The van der Waals surface area contributed by atoms with Gasteiger partial charge in [0, 0.05) is 18.8 Å². The van der Waals surface area contributed by atoms with E-state index in [-0.39, 0.29) is 6.04 Å². The Bertz CT molecular complexity index is 453. The van der Waals surface area contributed by atoms with Crippen molar-refractivity contribution in [3.63, 3.8) is 0 Å². The Labute approximate surface area is 101 Å². The van der Waals surface area contributed by atoms with Crippen molar-refractivity contribution in [2.24, 2.45) is 5.84 Å². The first-order valence-corrected chi connectivity index (χ1v) is 5.77. The minimum atomic E-state index is -0.00213. The molecule has 90 valence electrons. The largest absolute Gasteiger partial charge is 0.464 e. The summed E-state index contributed by atoms with van der Waals surface area (Å²) in [7, 11) is 0. The van der Waals surface area contributed by atoms with E-state index >= 15 is 0 Å². The van der Waals surface area contributed by atoms with Gasteiger partial charge >= 0.3 is 0 Å². The Morgan fingerprint density at radius 1 is 1.29 bits per heavy atom. The Hall–Kier alpha value is -1.65. The molecule has 0 amide bonds. The fraction of sp³-hybridized carbons (Fsp3) is 0.308. The van der Waals surface area contributed by atoms with Crippen LogP contribution in [0.2, 0.25) is 0 Å².